The number of fused-ring (bicyclic) bond motifs is 1. The lowest BCUT2D eigenvalue weighted by Gasteiger charge is -2.46. The van der Waals surface area contributed by atoms with E-state index in [4.69, 9.17) is 9.47 Å². The lowest BCUT2D eigenvalue weighted by molar-refractivity contribution is -0.0233. The topological polar surface area (TPSA) is 85.7 Å². The van der Waals surface area contributed by atoms with Crippen molar-refractivity contribution in [1.82, 2.24) is 19.8 Å². The summed E-state index contributed by atoms with van der Waals surface area (Å²) >= 11 is 0. The third kappa shape index (κ3) is 3.79. The van der Waals surface area contributed by atoms with Crippen molar-refractivity contribution >= 4 is 12.0 Å². The summed E-state index contributed by atoms with van der Waals surface area (Å²) in [5.74, 6) is 0.951. The van der Waals surface area contributed by atoms with E-state index in [1.807, 2.05) is 24.3 Å². The molecular weight excluding hydrogens is 372 g/mol. The minimum atomic E-state index is -0.420. The highest BCUT2D eigenvalue weighted by Gasteiger charge is 2.44. The summed E-state index contributed by atoms with van der Waals surface area (Å²) in [5.41, 5.74) is 0.546. The van der Waals surface area contributed by atoms with Crippen LogP contribution in [0.2, 0.25) is 0 Å². The third-order valence-corrected chi connectivity index (χ3v) is 5.73. The van der Waals surface area contributed by atoms with Crippen molar-refractivity contribution in [2.24, 2.45) is 7.05 Å². The Morgan fingerprint density at radius 1 is 1.31 bits per heavy atom. The SMILES string of the molecule is CCOC(=O)N1CCC2(CC1)CC(NC(=O)c1nccn1C)c1ccccc1O2. The fourth-order valence-electron chi connectivity index (χ4n) is 4.17. The van der Waals surface area contributed by atoms with Crippen LogP contribution in [-0.2, 0) is 11.8 Å². The molecule has 2 aromatic rings. The first-order valence-corrected chi connectivity index (χ1v) is 9.99. The van der Waals surface area contributed by atoms with Crippen molar-refractivity contribution in [3.8, 4) is 5.75 Å². The molecule has 1 saturated heterocycles. The monoisotopic (exact) mass is 398 g/mol. The lowest BCUT2D eigenvalue weighted by Crippen LogP contribution is -2.53. The first-order valence-electron chi connectivity index (χ1n) is 9.99. The number of carbonyl (C=O) groups excluding carboxylic acids is 2. The number of nitrogens with one attached hydrogen (secondary N) is 1. The Kier molecular flexibility index (Phi) is 5.17. The number of carbonyl (C=O) groups is 2. The third-order valence-electron chi connectivity index (χ3n) is 5.73. The van der Waals surface area contributed by atoms with Crippen molar-refractivity contribution in [3.05, 3.63) is 48.0 Å². The van der Waals surface area contributed by atoms with E-state index in [-0.39, 0.29) is 18.0 Å². The van der Waals surface area contributed by atoms with Crippen LogP contribution in [0.25, 0.3) is 0 Å². The van der Waals surface area contributed by atoms with E-state index in [2.05, 4.69) is 10.3 Å². The molecular formula is C21H26N4O4. The molecule has 1 atom stereocenters. The fraction of sp³-hybridized carbons (Fsp3) is 0.476. The van der Waals surface area contributed by atoms with Crippen LogP contribution < -0.4 is 10.1 Å². The van der Waals surface area contributed by atoms with Gasteiger partial charge in [0.15, 0.2) is 5.82 Å². The van der Waals surface area contributed by atoms with Gasteiger partial charge in [0.2, 0.25) is 0 Å². The van der Waals surface area contributed by atoms with Gasteiger partial charge in [0.25, 0.3) is 5.91 Å². The van der Waals surface area contributed by atoms with Crippen LogP contribution in [-0.4, -0.2) is 51.7 Å². The van der Waals surface area contributed by atoms with Crippen LogP contribution in [0.1, 0.15) is 48.4 Å². The summed E-state index contributed by atoms with van der Waals surface area (Å²) in [4.78, 5) is 30.7. The van der Waals surface area contributed by atoms with Gasteiger partial charge in [-0.15, -0.1) is 0 Å². The van der Waals surface area contributed by atoms with Crippen LogP contribution in [0, 0.1) is 0 Å². The Balaban J connectivity index is 1.53. The normalized spacial score (nSPS) is 19.9. The zero-order valence-corrected chi connectivity index (χ0v) is 16.8. The molecule has 3 heterocycles. The van der Waals surface area contributed by atoms with Gasteiger partial charge in [-0.1, -0.05) is 18.2 Å². The van der Waals surface area contributed by atoms with Crippen LogP contribution in [0.5, 0.6) is 5.75 Å². The molecule has 2 aliphatic heterocycles. The number of ether oxygens (including phenoxy) is 2. The summed E-state index contributed by atoms with van der Waals surface area (Å²) in [7, 11) is 1.80. The quantitative estimate of drug-likeness (QED) is 0.859. The van der Waals surface area contributed by atoms with E-state index >= 15 is 0 Å². The number of para-hydroxylation sites is 1. The molecule has 1 aromatic carbocycles. The molecule has 1 aromatic heterocycles. The Bertz CT molecular complexity index is 902. The van der Waals surface area contributed by atoms with Gasteiger partial charge < -0.3 is 24.3 Å². The van der Waals surface area contributed by atoms with Crippen LogP contribution in [0.15, 0.2) is 36.7 Å². The Hall–Kier alpha value is -3.03. The molecule has 8 heteroatoms. The number of likely N-dealkylation sites (tertiary alicyclic amines) is 1. The number of aryl methyl sites for hydroxylation is 1. The summed E-state index contributed by atoms with van der Waals surface area (Å²) in [6.45, 7) is 3.31. The van der Waals surface area contributed by atoms with E-state index in [0.717, 1.165) is 11.3 Å². The van der Waals surface area contributed by atoms with E-state index in [9.17, 15) is 9.59 Å². The molecule has 0 bridgehead atoms. The fourth-order valence-corrected chi connectivity index (χ4v) is 4.17. The summed E-state index contributed by atoms with van der Waals surface area (Å²) in [6, 6.07) is 7.62. The molecule has 1 N–H and O–H groups in total. The van der Waals surface area contributed by atoms with Crippen molar-refractivity contribution in [2.45, 2.75) is 37.8 Å². The van der Waals surface area contributed by atoms with Crippen molar-refractivity contribution < 1.29 is 19.1 Å². The van der Waals surface area contributed by atoms with Crippen molar-refractivity contribution in [1.29, 1.82) is 0 Å². The maximum absolute atomic E-state index is 12.8. The number of piperidine rings is 1. The predicted octanol–water partition coefficient (Wildman–Crippen LogP) is 2.66. The summed E-state index contributed by atoms with van der Waals surface area (Å²) < 4.78 is 13.2. The number of amides is 2. The zero-order valence-electron chi connectivity index (χ0n) is 16.8. The molecule has 0 saturated carbocycles. The number of aromatic nitrogens is 2. The first kappa shape index (κ1) is 19.3. The van der Waals surface area contributed by atoms with Gasteiger partial charge in [0.05, 0.1) is 12.6 Å². The van der Waals surface area contributed by atoms with Gasteiger partial charge in [-0.2, -0.15) is 0 Å². The molecule has 2 amide bonds. The average Bonchev–Trinajstić information content (AvgIpc) is 3.15. The second-order valence-corrected chi connectivity index (χ2v) is 7.60. The highest BCUT2D eigenvalue weighted by molar-refractivity contribution is 5.91. The lowest BCUT2D eigenvalue weighted by atomic mass is 9.80. The number of imidazole rings is 1. The highest BCUT2D eigenvalue weighted by Crippen LogP contribution is 2.44. The molecule has 8 nitrogen and oxygen atoms in total. The molecule has 1 fully saturated rings. The second kappa shape index (κ2) is 7.77. The van der Waals surface area contributed by atoms with E-state index < -0.39 is 5.60 Å². The molecule has 29 heavy (non-hydrogen) atoms. The standard InChI is InChI=1S/C21H26N4O4/c1-3-28-20(27)25-11-8-21(9-12-25)14-16(15-6-4-5-7-17(15)29-21)23-19(26)18-22-10-13-24(18)2/h4-7,10,13,16H,3,8-9,11-12,14H2,1-2H3,(H,23,26). The predicted molar refractivity (Wildman–Crippen MR) is 106 cm³/mol. The van der Waals surface area contributed by atoms with E-state index in [0.29, 0.717) is 44.8 Å². The number of hydrogen-bond donors (Lipinski definition) is 1. The van der Waals surface area contributed by atoms with Gasteiger partial charge in [-0.3, -0.25) is 4.79 Å². The molecule has 0 aliphatic carbocycles. The smallest absolute Gasteiger partial charge is 0.409 e. The molecule has 0 radical (unpaired) electrons. The van der Waals surface area contributed by atoms with Crippen LogP contribution >= 0.6 is 0 Å². The molecule has 154 valence electrons. The van der Waals surface area contributed by atoms with E-state index in [1.54, 1.807) is 35.8 Å². The Morgan fingerprint density at radius 3 is 2.76 bits per heavy atom. The van der Waals surface area contributed by atoms with Gasteiger partial charge in [-0.05, 0) is 13.0 Å². The van der Waals surface area contributed by atoms with Gasteiger partial charge in [-0.25, -0.2) is 9.78 Å². The largest absolute Gasteiger partial charge is 0.487 e. The van der Waals surface area contributed by atoms with Crippen LogP contribution in [0.4, 0.5) is 4.79 Å². The minimum absolute atomic E-state index is 0.182. The summed E-state index contributed by atoms with van der Waals surface area (Å²) in [6.07, 6.45) is 5.11. The Labute approximate surface area is 169 Å². The molecule has 1 spiro atoms. The number of hydrogen-bond acceptors (Lipinski definition) is 5. The summed E-state index contributed by atoms with van der Waals surface area (Å²) in [5, 5.41) is 3.14. The van der Waals surface area contributed by atoms with Crippen LogP contribution in [0.3, 0.4) is 0 Å². The Morgan fingerprint density at radius 2 is 2.07 bits per heavy atom. The second-order valence-electron chi connectivity index (χ2n) is 7.60. The highest BCUT2D eigenvalue weighted by atomic mass is 16.6. The maximum atomic E-state index is 12.8. The average molecular weight is 398 g/mol. The van der Waals surface area contributed by atoms with Gasteiger partial charge in [0, 0.05) is 57.4 Å². The van der Waals surface area contributed by atoms with Crippen molar-refractivity contribution in [3.63, 3.8) is 0 Å². The van der Waals surface area contributed by atoms with Gasteiger partial charge >= 0.3 is 6.09 Å². The molecule has 1 unspecified atom stereocenters. The minimum Gasteiger partial charge on any atom is -0.487 e. The zero-order chi connectivity index (χ0) is 20.4. The maximum Gasteiger partial charge on any atom is 0.409 e. The molecule has 4 rings (SSSR count). The number of benzene rings is 1. The van der Waals surface area contributed by atoms with Crippen molar-refractivity contribution in [2.75, 3.05) is 19.7 Å². The number of nitrogens with zero attached hydrogens (tertiary/aromatic N) is 3. The van der Waals surface area contributed by atoms with E-state index in [1.165, 1.54) is 0 Å². The van der Waals surface area contributed by atoms with Gasteiger partial charge in [0.1, 0.15) is 11.4 Å². The molecule has 2 aliphatic rings. The first-order chi connectivity index (χ1) is 14.0. The number of rotatable bonds is 3.